The SMILES string of the molecule is Cc1nc(C2CCCN2Cc2c(C)noc2C)n[nH]1. The summed E-state index contributed by atoms with van der Waals surface area (Å²) < 4.78 is 5.24. The maximum absolute atomic E-state index is 5.24. The molecule has 0 aromatic carbocycles. The van der Waals surface area contributed by atoms with Gasteiger partial charge in [-0.1, -0.05) is 5.16 Å². The van der Waals surface area contributed by atoms with Crippen molar-refractivity contribution in [2.45, 2.75) is 46.2 Å². The molecule has 0 saturated carbocycles. The lowest BCUT2D eigenvalue weighted by Gasteiger charge is -2.21. The number of hydrogen-bond donors (Lipinski definition) is 1. The Morgan fingerprint density at radius 3 is 2.84 bits per heavy atom. The van der Waals surface area contributed by atoms with Gasteiger partial charge in [0.1, 0.15) is 11.6 Å². The van der Waals surface area contributed by atoms with Crippen molar-refractivity contribution in [1.29, 1.82) is 0 Å². The summed E-state index contributed by atoms with van der Waals surface area (Å²) in [6.07, 6.45) is 2.29. The van der Waals surface area contributed by atoms with Crippen LogP contribution >= 0.6 is 0 Å². The van der Waals surface area contributed by atoms with Gasteiger partial charge >= 0.3 is 0 Å². The van der Waals surface area contributed by atoms with E-state index in [1.165, 1.54) is 12.0 Å². The van der Waals surface area contributed by atoms with Gasteiger partial charge in [0.25, 0.3) is 0 Å². The highest BCUT2D eigenvalue weighted by Crippen LogP contribution is 2.32. The first-order chi connectivity index (χ1) is 9.15. The molecular formula is C13H19N5O. The van der Waals surface area contributed by atoms with Crippen molar-refractivity contribution in [3.05, 3.63) is 28.7 Å². The van der Waals surface area contributed by atoms with Crippen LogP contribution in [-0.2, 0) is 6.54 Å². The molecule has 1 unspecified atom stereocenters. The predicted octanol–water partition coefficient (Wildman–Crippen LogP) is 2.06. The minimum atomic E-state index is 0.304. The molecule has 6 heteroatoms. The smallest absolute Gasteiger partial charge is 0.167 e. The molecule has 3 heterocycles. The van der Waals surface area contributed by atoms with Gasteiger partial charge in [-0.3, -0.25) is 10.00 Å². The van der Waals surface area contributed by atoms with Gasteiger partial charge in [-0.15, -0.1) is 0 Å². The van der Waals surface area contributed by atoms with Crippen LogP contribution in [0.15, 0.2) is 4.52 Å². The second-order valence-electron chi connectivity index (χ2n) is 5.21. The van der Waals surface area contributed by atoms with Crippen molar-refractivity contribution in [3.8, 4) is 0 Å². The minimum absolute atomic E-state index is 0.304. The first-order valence-corrected chi connectivity index (χ1v) is 6.70. The van der Waals surface area contributed by atoms with Gasteiger partial charge in [0.05, 0.1) is 11.7 Å². The van der Waals surface area contributed by atoms with E-state index in [4.69, 9.17) is 4.52 Å². The number of hydrogen-bond acceptors (Lipinski definition) is 5. The first-order valence-electron chi connectivity index (χ1n) is 6.70. The van der Waals surface area contributed by atoms with Gasteiger partial charge in [-0.05, 0) is 40.2 Å². The molecule has 0 aliphatic carbocycles. The van der Waals surface area contributed by atoms with Gasteiger partial charge in [-0.2, -0.15) is 5.10 Å². The topological polar surface area (TPSA) is 70.8 Å². The fraction of sp³-hybridized carbons (Fsp3) is 0.615. The molecule has 0 bridgehead atoms. The summed E-state index contributed by atoms with van der Waals surface area (Å²) in [5, 5.41) is 11.3. The van der Waals surface area contributed by atoms with Crippen molar-refractivity contribution in [3.63, 3.8) is 0 Å². The highest BCUT2D eigenvalue weighted by atomic mass is 16.5. The molecule has 2 aromatic heterocycles. The van der Waals surface area contributed by atoms with E-state index in [1.54, 1.807) is 0 Å². The van der Waals surface area contributed by atoms with Crippen LogP contribution in [-0.4, -0.2) is 31.8 Å². The molecule has 3 rings (SSSR count). The van der Waals surface area contributed by atoms with E-state index in [0.717, 1.165) is 42.6 Å². The van der Waals surface area contributed by atoms with Crippen molar-refractivity contribution < 1.29 is 4.52 Å². The number of aromatic nitrogens is 4. The maximum Gasteiger partial charge on any atom is 0.167 e. The molecule has 2 aromatic rings. The van der Waals surface area contributed by atoms with Gasteiger partial charge in [0, 0.05) is 12.1 Å². The normalized spacial score (nSPS) is 20.3. The van der Waals surface area contributed by atoms with Crippen LogP contribution in [0.5, 0.6) is 0 Å². The molecule has 1 saturated heterocycles. The highest BCUT2D eigenvalue weighted by Gasteiger charge is 2.30. The van der Waals surface area contributed by atoms with Gasteiger partial charge in [0.15, 0.2) is 5.82 Å². The summed E-state index contributed by atoms with van der Waals surface area (Å²) in [4.78, 5) is 6.88. The van der Waals surface area contributed by atoms with E-state index in [0.29, 0.717) is 6.04 Å². The van der Waals surface area contributed by atoms with Crippen LogP contribution in [0.1, 0.15) is 47.5 Å². The largest absolute Gasteiger partial charge is 0.361 e. The maximum atomic E-state index is 5.24. The zero-order valence-electron chi connectivity index (χ0n) is 11.6. The Kier molecular flexibility index (Phi) is 3.10. The lowest BCUT2D eigenvalue weighted by molar-refractivity contribution is 0.238. The predicted molar refractivity (Wildman–Crippen MR) is 69.5 cm³/mol. The van der Waals surface area contributed by atoms with Crippen LogP contribution in [0.3, 0.4) is 0 Å². The summed E-state index contributed by atoms with van der Waals surface area (Å²) in [6.45, 7) is 7.83. The van der Waals surface area contributed by atoms with E-state index in [1.807, 2.05) is 20.8 Å². The van der Waals surface area contributed by atoms with E-state index >= 15 is 0 Å². The number of nitrogens with one attached hydrogen (secondary N) is 1. The summed E-state index contributed by atoms with van der Waals surface area (Å²) >= 11 is 0. The molecule has 0 amide bonds. The third kappa shape index (κ3) is 2.28. The average molecular weight is 261 g/mol. The van der Waals surface area contributed by atoms with E-state index in [2.05, 4.69) is 25.2 Å². The minimum Gasteiger partial charge on any atom is -0.361 e. The summed E-state index contributed by atoms with van der Waals surface area (Å²) in [5.41, 5.74) is 2.17. The fourth-order valence-electron chi connectivity index (χ4n) is 2.75. The quantitative estimate of drug-likeness (QED) is 0.915. The second-order valence-corrected chi connectivity index (χ2v) is 5.21. The fourth-order valence-corrected chi connectivity index (χ4v) is 2.75. The number of aromatic amines is 1. The second kappa shape index (κ2) is 4.77. The standard InChI is InChI=1S/C13H19N5O/c1-8-11(9(2)19-17-8)7-18-6-4-5-12(18)13-14-10(3)15-16-13/h12H,4-7H2,1-3H3,(H,14,15,16). The van der Waals surface area contributed by atoms with Crippen LogP contribution in [0.4, 0.5) is 0 Å². The zero-order chi connectivity index (χ0) is 13.4. The molecule has 19 heavy (non-hydrogen) atoms. The Hall–Kier alpha value is -1.69. The molecular weight excluding hydrogens is 242 g/mol. The molecule has 1 N–H and O–H groups in total. The first kappa shape index (κ1) is 12.3. The Morgan fingerprint density at radius 1 is 1.37 bits per heavy atom. The van der Waals surface area contributed by atoms with Crippen LogP contribution in [0.2, 0.25) is 0 Å². The number of likely N-dealkylation sites (tertiary alicyclic amines) is 1. The highest BCUT2D eigenvalue weighted by molar-refractivity contribution is 5.21. The number of aryl methyl sites for hydroxylation is 3. The van der Waals surface area contributed by atoms with Crippen LogP contribution < -0.4 is 0 Å². The summed E-state index contributed by atoms with van der Waals surface area (Å²) in [6, 6.07) is 0.304. The Balaban J connectivity index is 1.80. The van der Waals surface area contributed by atoms with E-state index < -0.39 is 0 Å². The lowest BCUT2D eigenvalue weighted by Crippen LogP contribution is -2.24. The summed E-state index contributed by atoms with van der Waals surface area (Å²) in [5.74, 6) is 2.69. The number of rotatable bonds is 3. The third-order valence-corrected chi connectivity index (χ3v) is 3.82. The Bertz CT molecular complexity index is 554. The van der Waals surface area contributed by atoms with Crippen molar-refractivity contribution in [1.82, 2.24) is 25.2 Å². The van der Waals surface area contributed by atoms with Crippen LogP contribution in [0.25, 0.3) is 0 Å². The van der Waals surface area contributed by atoms with Gasteiger partial charge in [-0.25, -0.2) is 4.98 Å². The molecule has 1 aliphatic heterocycles. The lowest BCUT2D eigenvalue weighted by atomic mass is 10.1. The van der Waals surface area contributed by atoms with Crippen molar-refractivity contribution >= 4 is 0 Å². The van der Waals surface area contributed by atoms with Gasteiger partial charge in [0.2, 0.25) is 0 Å². The molecule has 6 nitrogen and oxygen atoms in total. The molecule has 1 fully saturated rings. The van der Waals surface area contributed by atoms with Crippen molar-refractivity contribution in [2.24, 2.45) is 0 Å². The third-order valence-electron chi connectivity index (χ3n) is 3.82. The monoisotopic (exact) mass is 261 g/mol. The Labute approximate surface area is 112 Å². The summed E-state index contributed by atoms with van der Waals surface area (Å²) in [7, 11) is 0. The van der Waals surface area contributed by atoms with Crippen molar-refractivity contribution in [2.75, 3.05) is 6.54 Å². The molecule has 102 valence electrons. The van der Waals surface area contributed by atoms with Gasteiger partial charge < -0.3 is 4.52 Å². The molecule has 1 atom stereocenters. The number of H-pyrrole nitrogens is 1. The van der Waals surface area contributed by atoms with E-state index in [9.17, 15) is 0 Å². The van der Waals surface area contributed by atoms with E-state index in [-0.39, 0.29) is 0 Å². The molecule has 0 radical (unpaired) electrons. The zero-order valence-corrected chi connectivity index (χ0v) is 11.6. The van der Waals surface area contributed by atoms with Crippen LogP contribution in [0, 0.1) is 20.8 Å². The Morgan fingerprint density at radius 2 is 2.21 bits per heavy atom. The molecule has 0 spiro atoms. The number of nitrogens with zero attached hydrogens (tertiary/aromatic N) is 4. The average Bonchev–Trinajstić information content (AvgIpc) is 3.06. The molecule has 1 aliphatic rings.